The van der Waals surface area contributed by atoms with Crippen molar-refractivity contribution in [3.63, 3.8) is 0 Å². The van der Waals surface area contributed by atoms with E-state index >= 15 is 0 Å². The Labute approximate surface area is 156 Å². The van der Waals surface area contributed by atoms with Gasteiger partial charge in [0.2, 0.25) is 0 Å². The maximum Gasteiger partial charge on any atom is 0.268 e. The molecule has 1 aromatic carbocycles. The van der Waals surface area contributed by atoms with Gasteiger partial charge in [-0.25, -0.2) is 4.68 Å². The number of aromatic amines is 1. The monoisotopic (exact) mass is 364 g/mol. The fourth-order valence-corrected chi connectivity index (χ4v) is 3.22. The molecule has 3 heterocycles. The lowest BCUT2D eigenvalue weighted by Crippen LogP contribution is -2.49. The minimum absolute atomic E-state index is 0.0158. The van der Waals surface area contributed by atoms with Crippen LogP contribution in [0.5, 0.6) is 0 Å². The van der Waals surface area contributed by atoms with Gasteiger partial charge in [-0.3, -0.25) is 14.7 Å². The van der Waals surface area contributed by atoms with Gasteiger partial charge in [0.25, 0.3) is 11.5 Å². The summed E-state index contributed by atoms with van der Waals surface area (Å²) in [5.41, 5.74) is 3.23. The summed E-state index contributed by atoms with van der Waals surface area (Å²) in [6, 6.07) is 9.16. The molecule has 1 aliphatic rings. The van der Waals surface area contributed by atoms with Crippen LogP contribution < -0.4 is 10.5 Å². The molecule has 1 saturated heterocycles. The van der Waals surface area contributed by atoms with Gasteiger partial charge >= 0.3 is 0 Å². The van der Waals surface area contributed by atoms with E-state index in [2.05, 4.69) is 20.2 Å². The molecule has 0 aliphatic carbocycles. The first kappa shape index (κ1) is 17.0. The minimum Gasteiger partial charge on any atom is -0.367 e. The lowest BCUT2D eigenvalue weighted by atomic mass is 10.1. The van der Waals surface area contributed by atoms with Gasteiger partial charge in [-0.2, -0.15) is 10.2 Å². The number of piperazine rings is 1. The molecule has 138 valence electrons. The molecule has 0 radical (unpaired) electrons. The molecule has 8 nitrogen and oxygen atoms in total. The van der Waals surface area contributed by atoms with Gasteiger partial charge in [0, 0.05) is 56.6 Å². The minimum atomic E-state index is -0.137. The number of rotatable bonds is 3. The van der Waals surface area contributed by atoms with Gasteiger partial charge in [0.15, 0.2) is 0 Å². The van der Waals surface area contributed by atoms with Crippen LogP contribution in [-0.4, -0.2) is 57.0 Å². The maximum atomic E-state index is 12.9. The van der Waals surface area contributed by atoms with Crippen molar-refractivity contribution in [2.24, 2.45) is 7.05 Å². The predicted octanol–water partition coefficient (Wildman–Crippen LogP) is 1.13. The van der Waals surface area contributed by atoms with Crippen LogP contribution in [0.25, 0.3) is 11.1 Å². The molecule has 4 rings (SSSR count). The Morgan fingerprint density at radius 3 is 2.59 bits per heavy atom. The summed E-state index contributed by atoms with van der Waals surface area (Å²) in [4.78, 5) is 28.6. The standard InChI is InChI=1S/C19H20N6O2/c1-23-18(26)10-17(13-22-23)24-5-7-25(8-6-24)19(27)15-4-2-3-14(9-15)16-11-20-21-12-16/h2-4,9-13H,5-8H2,1H3,(H,20,21). The number of H-pyrrole nitrogens is 1. The van der Waals surface area contributed by atoms with Crippen LogP contribution in [0.3, 0.4) is 0 Å². The zero-order chi connectivity index (χ0) is 18.8. The molecule has 1 amide bonds. The Bertz CT molecular complexity index is 1000. The summed E-state index contributed by atoms with van der Waals surface area (Å²) in [6.07, 6.45) is 5.23. The van der Waals surface area contributed by atoms with Crippen molar-refractivity contribution in [2.75, 3.05) is 31.1 Å². The Balaban J connectivity index is 1.45. The summed E-state index contributed by atoms with van der Waals surface area (Å²) >= 11 is 0. The number of nitrogens with one attached hydrogen (secondary N) is 1. The lowest BCUT2D eigenvalue weighted by molar-refractivity contribution is 0.0747. The van der Waals surface area contributed by atoms with Crippen LogP contribution >= 0.6 is 0 Å². The SMILES string of the molecule is Cn1ncc(N2CCN(C(=O)c3cccc(-c4cn[nH]c4)c3)CC2)cc1=O. The van der Waals surface area contributed by atoms with E-state index in [1.54, 1.807) is 31.7 Å². The molecule has 0 spiro atoms. The highest BCUT2D eigenvalue weighted by atomic mass is 16.2. The molecule has 8 heteroatoms. The molecule has 0 unspecified atom stereocenters. The first-order chi connectivity index (χ1) is 13.1. The van der Waals surface area contributed by atoms with Gasteiger partial charge < -0.3 is 9.80 Å². The van der Waals surface area contributed by atoms with Crippen LogP contribution in [0.1, 0.15) is 10.4 Å². The Morgan fingerprint density at radius 2 is 1.89 bits per heavy atom. The van der Waals surface area contributed by atoms with Crippen LogP contribution in [0.2, 0.25) is 0 Å². The van der Waals surface area contributed by atoms with E-state index in [9.17, 15) is 9.59 Å². The molecule has 0 bridgehead atoms. The highest BCUT2D eigenvalue weighted by Gasteiger charge is 2.23. The van der Waals surface area contributed by atoms with E-state index in [0.29, 0.717) is 31.7 Å². The fourth-order valence-electron chi connectivity index (χ4n) is 3.22. The van der Waals surface area contributed by atoms with Gasteiger partial charge in [-0.05, 0) is 17.7 Å². The van der Waals surface area contributed by atoms with Crippen LogP contribution in [-0.2, 0) is 7.05 Å². The number of hydrogen-bond acceptors (Lipinski definition) is 5. The first-order valence-electron chi connectivity index (χ1n) is 8.78. The lowest BCUT2D eigenvalue weighted by Gasteiger charge is -2.36. The Morgan fingerprint density at radius 1 is 1.07 bits per heavy atom. The second-order valence-electron chi connectivity index (χ2n) is 6.52. The summed E-state index contributed by atoms with van der Waals surface area (Å²) in [5, 5.41) is 10.8. The largest absolute Gasteiger partial charge is 0.367 e. The zero-order valence-electron chi connectivity index (χ0n) is 15.0. The van der Waals surface area contributed by atoms with Crippen molar-refractivity contribution < 1.29 is 4.79 Å². The molecule has 1 fully saturated rings. The number of carbonyl (C=O) groups is 1. The van der Waals surface area contributed by atoms with Crippen molar-refractivity contribution in [3.05, 3.63) is 64.8 Å². The number of nitrogens with zero attached hydrogens (tertiary/aromatic N) is 5. The highest BCUT2D eigenvalue weighted by Crippen LogP contribution is 2.20. The third-order valence-corrected chi connectivity index (χ3v) is 4.83. The molecule has 2 aromatic heterocycles. The van der Waals surface area contributed by atoms with Gasteiger partial charge in [0.1, 0.15) is 0 Å². The second-order valence-corrected chi connectivity index (χ2v) is 6.52. The maximum absolute atomic E-state index is 12.9. The summed E-state index contributed by atoms with van der Waals surface area (Å²) in [7, 11) is 1.63. The average molecular weight is 364 g/mol. The topological polar surface area (TPSA) is 87.1 Å². The molecular formula is C19H20N6O2. The number of aromatic nitrogens is 4. The van der Waals surface area contributed by atoms with Crippen molar-refractivity contribution in [1.29, 1.82) is 0 Å². The average Bonchev–Trinajstić information content (AvgIpc) is 3.25. The third kappa shape index (κ3) is 3.46. The Kier molecular flexibility index (Phi) is 4.45. The highest BCUT2D eigenvalue weighted by molar-refractivity contribution is 5.95. The molecule has 0 atom stereocenters. The molecular weight excluding hydrogens is 344 g/mol. The van der Waals surface area contributed by atoms with E-state index < -0.39 is 0 Å². The molecule has 27 heavy (non-hydrogen) atoms. The summed E-state index contributed by atoms with van der Waals surface area (Å²) < 4.78 is 1.30. The van der Waals surface area contributed by atoms with Crippen molar-refractivity contribution in [3.8, 4) is 11.1 Å². The van der Waals surface area contributed by atoms with Crippen molar-refractivity contribution >= 4 is 11.6 Å². The normalized spacial score (nSPS) is 14.4. The summed E-state index contributed by atoms with van der Waals surface area (Å²) in [5.74, 6) is 0.0158. The van der Waals surface area contributed by atoms with Crippen LogP contribution in [0.4, 0.5) is 5.69 Å². The number of benzene rings is 1. The molecule has 3 aromatic rings. The fraction of sp³-hybridized carbons (Fsp3) is 0.263. The summed E-state index contributed by atoms with van der Waals surface area (Å²) in [6.45, 7) is 2.54. The van der Waals surface area contributed by atoms with E-state index in [4.69, 9.17) is 0 Å². The van der Waals surface area contributed by atoms with E-state index in [-0.39, 0.29) is 11.5 Å². The number of carbonyl (C=O) groups excluding carboxylic acids is 1. The van der Waals surface area contributed by atoms with Gasteiger partial charge in [-0.15, -0.1) is 0 Å². The smallest absolute Gasteiger partial charge is 0.268 e. The quantitative estimate of drug-likeness (QED) is 0.753. The molecule has 1 N–H and O–H groups in total. The number of amides is 1. The molecule has 0 saturated carbocycles. The van der Waals surface area contributed by atoms with Crippen molar-refractivity contribution in [2.45, 2.75) is 0 Å². The number of anilines is 1. The Hall–Kier alpha value is -3.42. The number of hydrogen-bond donors (Lipinski definition) is 1. The van der Waals surface area contributed by atoms with Crippen LogP contribution in [0.15, 0.2) is 53.7 Å². The van der Waals surface area contributed by atoms with E-state index in [0.717, 1.165) is 16.8 Å². The van der Waals surface area contributed by atoms with Gasteiger partial charge in [0.05, 0.1) is 18.1 Å². The second kappa shape index (κ2) is 7.06. The predicted molar refractivity (Wildman–Crippen MR) is 102 cm³/mol. The third-order valence-electron chi connectivity index (χ3n) is 4.83. The van der Waals surface area contributed by atoms with Crippen LogP contribution in [0, 0.1) is 0 Å². The van der Waals surface area contributed by atoms with E-state index in [1.165, 1.54) is 4.68 Å². The first-order valence-corrected chi connectivity index (χ1v) is 8.78. The number of aryl methyl sites for hydroxylation is 1. The van der Waals surface area contributed by atoms with E-state index in [1.807, 2.05) is 29.2 Å². The van der Waals surface area contributed by atoms with Crippen molar-refractivity contribution in [1.82, 2.24) is 24.9 Å². The zero-order valence-corrected chi connectivity index (χ0v) is 15.0. The van der Waals surface area contributed by atoms with Gasteiger partial charge in [-0.1, -0.05) is 12.1 Å². The molecule has 1 aliphatic heterocycles.